The van der Waals surface area contributed by atoms with Gasteiger partial charge in [-0.3, -0.25) is 0 Å². The number of benzene rings is 2. The highest BCUT2D eigenvalue weighted by Gasteiger charge is 2.12. The van der Waals surface area contributed by atoms with E-state index in [0.717, 1.165) is 0 Å². The Balaban J connectivity index is 2.46. The summed E-state index contributed by atoms with van der Waals surface area (Å²) in [5, 5.41) is 0. The van der Waals surface area contributed by atoms with Crippen LogP contribution in [0.15, 0.2) is 36.4 Å². The van der Waals surface area contributed by atoms with Crippen LogP contribution < -0.4 is 0 Å². The summed E-state index contributed by atoms with van der Waals surface area (Å²) in [4.78, 5) is 0. The van der Waals surface area contributed by atoms with Crippen molar-refractivity contribution in [3.05, 3.63) is 69.8 Å². The fraction of sp³-hybridized carbons (Fsp3) is 0.333. The standard InChI is InChI=1S/C18H22/c1-12-7-6-8-17(11-12)16(5)18-10-9-13(2)14(3)15(18)4/h6-11,16H,1-5H3. The lowest BCUT2D eigenvalue weighted by molar-refractivity contribution is 0.902. The molecular weight excluding hydrogens is 216 g/mol. The van der Waals surface area contributed by atoms with Gasteiger partial charge in [0.1, 0.15) is 0 Å². The molecule has 0 fully saturated rings. The van der Waals surface area contributed by atoms with Gasteiger partial charge in [-0.25, -0.2) is 0 Å². The topological polar surface area (TPSA) is 0 Å². The van der Waals surface area contributed by atoms with Gasteiger partial charge >= 0.3 is 0 Å². The molecule has 0 spiro atoms. The van der Waals surface area contributed by atoms with Crippen LogP contribution in [0.1, 0.15) is 46.2 Å². The van der Waals surface area contributed by atoms with E-state index in [1.165, 1.54) is 33.4 Å². The Kier molecular flexibility index (Phi) is 3.56. The zero-order valence-corrected chi connectivity index (χ0v) is 12.0. The van der Waals surface area contributed by atoms with Crippen LogP contribution in [0.2, 0.25) is 0 Å². The third-order valence-electron chi connectivity index (χ3n) is 4.11. The average molecular weight is 238 g/mol. The van der Waals surface area contributed by atoms with Crippen molar-refractivity contribution in [3.63, 3.8) is 0 Å². The molecule has 0 N–H and O–H groups in total. The van der Waals surface area contributed by atoms with Crippen LogP contribution in [-0.2, 0) is 0 Å². The van der Waals surface area contributed by atoms with Crippen LogP contribution in [0.3, 0.4) is 0 Å². The second-order valence-corrected chi connectivity index (χ2v) is 5.36. The minimum absolute atomic E-state index is 0.462. The van der Waals surface area contributed by atoms with Gasteiger partial charge in [-0.2, -0.15) is 0 Å². The molecule has 2 aromatic rings. The van der Waals surface area contributed by atoms with E-state index in [1.54, 1.807) is 0 Å². The van der Waals surface area contributed by atoms with Crippen LogP contribution in [0.5, 0.6) is 0 Å². The molecule has 2 aromatic carbocycles. The molecule has 0 amide bonds. The SMILES string of the molecule is Cc1cccc(C(C)c2ccc(C)c(C)c2C)c1. The zero-order valence-electron chi connectivity index (χ0n) is 12.0. The normalized spacial score (nSPS) is 12.5. The van der Waals surface area contributed by atoms with Gasteiger partial charge in [0.15, 0.2) is 0 Å². The van der Waals surface area contributed by atoms with Crippen LogP contribution in [0.4, 0.5) is 0 Å². The number of hydrogen-bond acceptors (Lipinski definition) is 0. The number of rotatable bonds is 2. The van der Waals surface area contributed by atoms with Gasteiger partial charge in [-0.15, -0.1) is 0 Å². The molecule has 0 aliphatic heterocycles. The number of aryl methyl sites for hydroxylation is 2. The van der Waals surface area contributed by atoms with Gasteiger partial charge < -0.3 is 0 Å². The molecule has 0 aliphatic carbocycles. The highest BCUT2D eigenvalue weighted by molar-refractivity contribution is 5.44. The summed E-state index contributed by atoms with van der Waals surface area (Å²) in [6, 6.07) is 13.3. The van der Waals surface area contributed by atoms with Gasteiger partial charge in [-0.05, 0) is 55.5 Å². The molecule has 1 atom stereocenters. The van der Waals surface area contributed by atoms with E-state index in [-0.39, 0.29) is 0 Å². The predicted molar refractivity (Wildman–Crippen MR) is 79.3 cm³/mol. The fourth-order valence-corrected chi connectivity index (χ4v) is 2.57. The molecule has 0 radical (unpaired) electrons. The second-order valence-electron chi connectivity index (χ2n) is 5.36. The van der Waals surface area contributed by atoms with Crippen molar-refractivity contribution in [2.75, 3.05) is 0 Å². The van der Waals surface area contributed by atoms with E-state index in [9.17, 15) is 0 Å². The number of hydrogen-bond donors (Lipinski definition) is 0. The van der Waals surface area contributed by atoms with E-state index < -0.39 is 0 Å². The summed E-state index contributed by atoms with van der Waals surface area (Å²) >= 11 is 0. The van der Waals surface area contributed by atoms with Gasteiger partial charge in [-0.1, -0.05) is 48.9 Å². The van der Waals surface area contributed by atoms with Crippen molar-refractivity contribution < 1.29 is 0 Å². The smallest absolute Gasteiger partial charge is 0.00638 e. The van der Waals surface area contributed by atoms with Crippen molar-refractivity contribution in [2.24, 2.45) is 0 Å². The molecule has 2 rings (SSSR count). The van der Waals surface area contributed by atoms with Crippen molar-refractivity contribution in [3.8, 4) is 0 Å². The van der Waals surface area contributed by atoms with Crippen LogP contribution in [0.25, 0.3) is 0 Å². The van der Waals surface area contributed by atoms with E-state index in [0.29, 0.717) is 5.92 Å². The monoisotopic (exact) mass is 238 g/mol. The Hall–Kier alpha value is -1.56. The van der Waals surface area contributed by atoms with Crippen molar-refractivity contribution in [1.29, 1.82) is 0 Å². The quantitative estimate of drug-likeness (QED) is 0.685. The lowest BCUT2D eigenvalue weighted by Crippen LogP contribution is -2.01. The first kappa shape index (κ1) is 12.9. The first-order chi connectivity index (χ1) is 8.50. The summed E-state index contributed by atoms with van der Waals surface area (Å²) in [6.45, 7) is 11.1. The first-order valence-corrected chi connectivity index (χ1v) is 6.64. The van der Waals surface area contributed by atoms with E-state index >= 15 is 0 Å². The minimum atomic E-state index is 0.462. The lowest BCUT2D eigenvalue weighted by Gasteiger charge is -2.18. The Morgan fingerprint density at radius 2 is 1.56 bits per heavy atom. The molecule has 0 nitrogen and oxygen atoms in total. The Morgan fingerprint density at radius 3 is 2.22 bits per heavy atom. The summed E-state index contributed by atoms with van der Waals surface area (Å²) in [6.07, 6.45) is 0. The third-order valence-corrected chi connectivity index (χ3v) is 4.11. The average Bonchev–Trinajstić information content (AvgIpc) is 2.35. The predicted octanol–water partition coefficient (Wildman–Crippen LogP) is 5.07. The summed E-state index contributed by atoms with van der Waals surface area (Å²) < 4.78 is 0. The molecule has 1 unspecified atom stereocenters. The molecule has 18 heavy (non-hydrogen) atoms. The van der Waals surface area contributed by atoms with Gasteiger partial charge in [0, 0.05) is 5.92 Å². The van der Waals surface area contributed by atoms with Crippen molar-refractivity contribution in [2.45, 2.75) is 40.5 Å². The largest absolute Gasteiger partial charge is 0.0617 e. The van der Waals surface area contributed by atoms with Crippen molar-refractivity contribution >= 4 is 0 Å². The fourth-order valence-electron chi connectivity index (χ4n) is 2.57. The maximum Gasteiger partial charge on any atom is 0.00638 e. The molecule has 0 saturated heterocycles. The van der Waals surface area contributed by atoms with Gasteiger partial charge in [0.05, 0.1) is 0 Å². The molecule has 0 aliphatic rings. The highest BCUT2D eigenvalue weighted by atomic mass is 14.2. The van der Waals surface area contributed by atoms with E-state index in [1.807, 2.05) is 0 Å². The van der Waals surface area contributed by atoms with Crippen molar-refractivity contribution in [1.82, 2.24) is 0 Å². The summed E-state index contributed by atoms with van der Waals surface area (Å²) in [7, 11) is 0. The Morgan fingerprint density at radius 1 is 0.833 bits per heavy atom. The third kappa shape index (κ3) is 2.33. The van der Waals surface area contributed by atoms with Gasteiger partial charge in [0.25, 0.3) is 0 Å². The van der Waals surface area contributed by atoms with E-state index in [4.69, 9.17) is 0 Å². The molecule has 94 valence electrons. The summed E-state index contributed by atoms with van der Waals surface area (Å²) in [5.41, 5.74) is 8.43. The highest BCUT2D eigenvalue weighted by Crippen LogP contribution is 2.29. The van der Waals surface area contributed by atoms with Crippen LogP contribution >= 0.6 is 0 Å². The molecular formula is C18H22. The Bertz CT molecular complexity index is 564. The minimum Gasteiger partial charge on any atom is -0.0617 e. The van der Waals surface area contributed by atoms with Crippen LogP contribution in [-0.4, -0.2) is 0 Å². The molecule has 0 aromatic heterocycles. The molecule has 0 saturated carbocycles. The zero-order chi connectivity index (χ0) is 13.3. The van der Waals surface area contributed by atoms with Crippen LogP contribution in [0, 0.1) is 27.7 Å². The molecule has 0 heterocycles. The summed E-state index contributed by atoms with van der Waals surface area (Å²) in [5.74, 6) is 0.462. The van der Waals surface area contributed by atoms with Gasteiger partial charge in [0.2, 0.25) is 0 Å². The molecule has 0 bridgehead atoms. The maximum atomic E-state index is 2.30. The Labute approximate surface area is 111 Å². The second kappa shape index (κ2) is 4.97. The van der Waals surface area contributed by atoms with E-state index in [2.05, 4.69) is 71.0 Å². The first-order valence-electron chi connectivity index (χ1n) is 6.64. The lowest BCUT2D eigenvalue weighted by atomic mass is 9.86. The molecule has 0 heteroatoms. The maximum absolute atomic E-state index is 2.30.